The van der Waals surface area contributed by atoms with Gasteiger partial charge in [0.15, 0.2) is 5.16 Å². The van der Waals surface area contributed by atoms with Crippen molar-refractivity contribution in [1.82, 2.24) is 8.96 Å². The number of para-hydroxylation sites is 2. The van der Waals surface area contributed by atoms with Crippen LogP contribution in [0.25, 0.3) is 21.8 Å². The molecule has 0 saturated carbocycles. The van der Waals surface area contributed by atoms with Crippen LogP contribution in [-0.4, -0.2) is 17.4 Å². The lowest BCUT2D eigenvalue weighted by Gasteiger charge is -2.11. The van der Waals surface area contributed by atoms with Gasteiger partial charge < -0.3 is 0 Å². The third-order valence-corrected chi connectivity index (χ3v) is 8.16. The molecule has 4 aromatic carbocycles. The van der Waals surface area contributed by atoms with E-state index in [1.807, 2.05) is 24.3 Å². The Hall–Kier alpha value is -2.87. The standard InChI is InChI=1S/C24H16ClFN2O2S2/c25-19-11-9-18(21(26)14-19)15-31-24-27-22-7-3-4-8-23(22)28(24)32(29,30)20-12-10-16-5-1-2-6-17(16)13-20/h1-14H,15H2. The number of halogens is 2. The smallest absolute Gasteiger partial charge is 0.222 e. The van der Waals surface area contributed by atoms with Gasteiger partial charge >= 0.3 is 0 Å². The van der Waals surface area contributed by atoms with Crippen LogP contribution in [-0.2, 0) is 15.8 Å². The van der Waals surface area contributed by atoms with Crippen molar-refractivity contribution in [1.29, 1.82) is 0 Å². The molecule has 8 heteroatoms. The zero-order valence-corrected chi connectivity index (χ0v) is 19.0. The molecule has 160 valence electrons. The summed E-state index contributed by atoms with van der Waals surface area (Å²) in [6.45, 7) is 0. The monoisotopic (exact) mass is 482 g/mol. The van der Waals surface area contributed by atoms with Gasteiger partial charge in [-0.05, 0) is 52.7 Å². The van der Waals surface area contributed by atoms with Crippen molar-refractivity contribution >= 4 is 55.2 Å². The molecule has 0 amide bonds. The number of benzene rings is 4. The Balaban J connectivity index is 1.61. The van der Waals surface area contributed by atoms with Crippen LogP contribution >= 0.6 is 23.4 Å². The highest BCUT2D eigenvalue weighted by Gasteiger charge is 2.25. The van der Waals surface area contributed by atoms with Gasteiger partial charge in [0, 0.05) is 10.8 Å². The average molecular weight is 483 g/mol. The number of fused-ring (bicyclic) bond motifs is 2. The molecule has 0 fully saturated rings. The fourth-order valence-electron chi connectivity index (χ4n) is 3.52. The second kappa shape index (κ2) is 8.24. The van der Waals surface area contributed by atoms with Crippen LogP contribution in [0.2, 0.25) is 5.02 Å². The summed E-state index contributed by atoms with van der Waals surface area (Å²) in [5, 5.41) is 2.36. The van der Waals surface area contributed by atoms with Crippen LogP contribution in [0.5, 0.6) is 0 Å². The molecule has 0 aliphatic heterocycles. The van der Waals surface area contributed by atoms with Gasteiger partial charge in [-0.1, -0.05) is 71.9 Å². The number of imidazole rings is 1. The zero-order chi connectivity index (χ0) is 22.3. The van der Waals surface area contributed by atoms with Crippen LogP contribution in [0.4, 0.5) is 4.39 Å². The molecule has 5 aromatic rings. The van der Waals surface area contributed by atoms with E-state index >= 15 is 0 Å². The summed E-state index contributed by atoms with van der Waals surface area (Å²) < 4.78 is 42.9. The largest absolute Gasteiger partial charge is 0.270 e. The predicted octanol–water partition coefficient (Wildman–Crippen LogP) is 6.51. The lowest BCUT2D eigenvalue weighted by Crippen LogP contribution is -2.14. The maximum Gasteiger partial charge on any atom is 0.270 e. The number of aromatic nitrogens is 2. The summed E-state index contributed by atoms with van der Waals surface area (Å²) in [5.74, 6) is -0.232. The Morgan fingerprint density at radius 3 is 2.47 bits per heavy atom. The zero-order valence-electron chi connectivity index (χ0n) is 16.6. The summed E-state index contributed by atoms with van der Waals surface area (Å²) in [4.78, 5) is 4.69. The fraction of sp³-hybridized carbons (Fsp3) is 0.0417. The second-order valence-electron chi connectivity index (χ2n) is 7.19. The normalized spacial score (nSPS) is 11.9. The topological polar surface area (TPSA) is 52.0 Å². The van der Waals surface area contributed by atoms with Crippen LogP contribution in [0.1, 0.15) is 5.56 Å². The molecule has 0 bridgehead atoms. The quantitative estimate of drug-likeness (QED) is 0.268. The molecule has 0 radical (unpaired) electrons. The van der Waals surface area contributed by atoms with E-state index in [-0.39, 0.29) is 15.8 Å². The van der Waals surface area contributed by atoms with E-state index in [0.717, 1.165) is 22.5 Å². The van der Waals surface area contributed by atoms with Crippen LogP contribution in [0.3, 0.4) is 0 Å². The number of rotatable bonds is 5. The Labute approximate surface area is 193 Å². The molecule has 4 nitrogen and oxygen atoms in total. The first kappa shape index (κ1) is 21.0. The highest BCUT2D eigenvalue weighted by atomic mass is 35.5. The van der Waals surface area contributed by atoms with Gasteiger partial charge in [0.05, 0.1) is 15.9 Å². The molecule has 0 spiro atoms. The maximum absolute atomic E-state index is 14.3. The van der Waals surface area contributed by atoms with Crippen LogP contribution in [0.15, 0.2) is 95.0 Å². The van der Waals surface area contributed by atoms with Crippen molar-refractivity contribution in [2.75, 3.05) is 0 Å². The van der Waals surface area contributed by atoms with E-state index in [0.29, 0.717) is 21.6 Å². The highest BCUT2D eigenvalue weighted by Crippen LogP contribution is 2.32. The van der Waals surface area contributed by atoms with Crippen LogP contribution in [0, 0.1) is 5.82 Å². The number of nitrogens with zero attached hydrogens (tertiary/aromatic N) is 2. The molecule has 32 heavy (non-hydrogen) atoms. The summed E-state index contributed by atoms with van der Waals surface area (Å²) in [6.07, 6.45) is 0. The Morgan fingerprint density at radius 2 is 1.66 bits per heavy atom. The van der Waals surface area contributed by atoms with Gasteiger partial charge in [0.25, 0.3) is 10.0 Å². The van der Waals surface area contributed by atoms with E-state index in [1.54, 1.807) is 54.6 Å². The van der Waals surface area contributed by atoms with Crippen LogP contribution < -0.4 is 0 Å². The van der Waals surface area contributed by atoms with Crippen molar-refractivity contribution in [3.8, 4) is 0 Å². The third-order valence-electron chi connectivity index (χ3n) is 5.12. The fourth-order valence-corrected chi connectivity index (χ4v) is 6.41. The Kier molecular flexibility index (Phi) is 5.41. The predicted molar refractivity (Wildman–Crippen MR) is 127 cm³/mol. The molecule has 0 N–H and O–H groups in total. The molecule has 0 unspecified atom stereocenters. The SMILES string of the molecule is O=S(=O)(c1ccc2ccccc2c1)n1c(SCc2ccc(Cl)cc2F)nc2ccccc21. The van der Waals surface area contributed by atoms with E-state index in [1.165, 1.54) is 10.0 Å². The molecule has 0 saturated heterocycles. The van der Waals surface area contributed by atoms with E-state index in [4.69, 9.17) is 11.6 Å². The number of hydrogen-bond acceptors (Lipinski definition) is 4. The first-order valence-electron chi connectivity index (χ1n) is 9.72. The average Bonchev–Trinajstić information content (AvgIpc) is 3.17. The second-order valence-corrected chi connectivity index (χ2v) is 10.4. The highest BCUT2D eigenvalue weighted by molar-refractivity contribution is 7.99. The van der Waals surface area contributed by atoms with Crippen molar-refractivity contribution in [2.45, 2.75) is 15.8 Å². The van der Waals surface area contributed by atoms with Gasteiger partial charge in [-0.2, -0.15) is 0 Å². The van der Waals surface area contributed by atoms with Crippen molar-refractivity contribution in [3.63, 3.8) is 0 Å². The van der Waals surface area contributed by atoms with E-state index in [9.17, 15) is 12.8 Å². The number of hydrogen-bond donors (Lipinski definition) is 0. The van der Waals surface area contributed by atoms with Gasteiger partial charge in [-0.25, -0.2) is 21.8 Å². The minimum atomic E-state index is -3.95. The maximum atomic E-state index is 14.3. The van der Waals surface area contributed by atoms with Gasteiger partial charge in [-0.15, -0.1) is 0 Å². The molecule has 5 rings (SSSR count). The van der Waals surface area contributed by atoms with Crippen molar-refractivity contribution in [3.05, 3.63) is 101 Å². The molecule has 0 aliphatic carbocycles. The minimum absolute atomic E-state index is 0.166. The molecule has 0 aliphatic rings. The first-order chi connectivity index (χ1) is 15.4. The molecule has 0 atom stereocenters. The van der Waals surface area contributed by atoms with E-state index in [2.05, 4.69) is 4.98 Å². The first-order valence-corrected chi connectivity index (χ1v) is 12.5. The van der Waals surface area contributed by atoms with Gasteiger partial charge in [0.2, 0.25) is 0 Å². The Morgan fingerprint density at radius 1 is 0.906 bits per heavy atom. The molecular formula is C24H16ClFN2O2S2. The molecular weight excluding hydrogens is 467 g/mol. The summed E-state index contributed by atoms with van der Waals surface area (Å²) in [6, 6.07) is 24.1. The summed E-state index contributed by atoms with van der Waals surface area (Å²) >= 11 is 7.00. The van der Waals surface area contributed by atoms with Gasteiger partial charge in [0.1, 0.15) is 5.82 Å². The minimum Gasteiger partial charge on any atom is -0.222 e. The molecule has 1 heterocycles. The van der Waals surface area contributed by atoms with Crippen molar-refractivity contribution in [2.24, 2.45) is 0 Å². The summed E-state index contributed by atoms with van der Waals surface area (Å²) in [7, 11) is -3.95. The lowest BCUT2D eigenvalue weighted by atomic mass is 10.1. The van der Waals surface area contributed by atoms with E-state index < -0.39 is 15.8 Å². The number of thioether (sulfide) groups is 1. The van der Waals surface area contributed by atoms with Gasteiger partial charge in [-0.3, -0.25) is 0 Å². The Bertz CT molecular complexity index is 1580. The van der Waals surface area contributed by atoms with Crippen molar-refractivity contribution < 1.29 is 12.8 Å². The third kappa shape index (κ3) is 3.77. The summed E-state index contributed by atoms with van der Waals surface area (Å²) in [5.41, 5.74) is 1.44. The lowest BCUT2D eigenvalue weighted by molar-refractivity contribution is 0.584. The molecule has 1 aromatic heterocycles.